The van der Waals surface area contributed by atoms with E-state index >= 15 is 0 Å². The summed E-state index contributed by atoms with van der Waals surface area (Å²) >= 11 is 7.78. The highest BCUT2D eigenvalue weighted by Crippen LogP contribution is 2.38. The zero-order valence-corrected chi connectivity index (χ0v) is 19.8. The van der Waals surface area contributed by atoms with E-state index in [1.54, 1.807) is 46.9 Å². The second-order valence-electron chi connectivity index (χ2n) is 7.81. The van der Waals surface area contributed by atoms with Crippen LogP contribution in [0.1, 0.15) is 32.0 Å². The van der Waals surface area contributed by atoms with Gasteiger partial charge in [-0.1, -0.05) is 29.8 Å². The molecule has 0 aliphatic heterocycles. The molecule has 7 nitrogen and oxygen atoms in total. The molecule has 0 unspecified atom stereocenters. The molecule has 0 radical (unpaired) electrons. The monoisotopic (exact) mass is 489 g/mol. The minimum atomic E-state index is -0.581. The molecule has 0 spiro atoms. The molecule has 0 fully saturated rings. The molecule has 5 rings (SSSR count). The zero-order valence-electron chi connectivity index (χ0n) is 18.2. The van der Waals surface area contributed by atoms with Crippen molar-refractivity contribution in [3.8, 4) is 17.1 Å². The molecule has 2 amide bonds. The molecule has 170 valence electrons. The van der Waals surface area contributed by atoms with Gasteiger partial charge in [-0.2, -0.15) is 5.10 Å². The Labute approximate surface area is 205 Å². The largest absolute Gasteiger partial charge is 0.364 e. The Balaban J connectivity index is 1.60. The van der Waals surface area contributed by atoms with Crippen molar-refractivity contribution in [2.75, 3.05) is 11.6 Å². The summed E-state index contributed by atoms with van der Waals surface area (Å²) in [5, 5.41) is 7.83. The molecular weight excluding hydrogens is 470 g/mol. The number of pyridine rings is 1. The number of primary amides is 1. The highest BCUT2D eigenvalue weighted by atomic mass is 35.5. The van der Waals surface area contributed by atoms with E-state index in [9.17, 15) is 9.59 Å². The summed E-state index contributed by atoms with van der Waals surface area (Å²) in [6.45, 7) is 0. The van der Waals surface area contributed by atoms with Gasteiger partial charge in [-0.25, -0.2) is 9.67 Å². The fourth-order valence-electron chi connectivity index (χ4n) is 4.14. The van der Waals surface area contributed by atoms with Crippen LogP contribution in [-0.2, 0) is 12.8 Å². The molecule has 3 N–H and O–H groups in total. The van der Waals surface area contributed by atoms with Crippen molar-refractivity contribution in [2.24, 2.45) is 5.73 Å². The lowest BCUT2D eigenvalue weighted by Crippen LogP contribution is -2.15. The molecular formula is C25H20ClN5O2S. The summed E-state index contributed by atoms with van der Waals surface area (Å²) in [7, 11) is 0. The third-order valence-electron chi connectivity index (χ3n) is 5.78. The average Bonchev–Trinajstić information content (AvgIpc) is 3.25. The minimum Gasteiger partial charge on any atom is -0.364 e. The van der Waals surface area contributed by atoms with Crippen LogP contribution in [0.5, 0.6) is 0 Å². The number of nitrogens with one attached hydrogen (secondary N) is 1. The van der Waals surface area contributed by atoms with Crippen molar-refractivity contribution in [1.29, 1.82) is 0 Å². The van der Waals surface area contributed by atoms with Crippen molar-refractivity contribution >= 4 is 40.9 Å². The van der Waals surface area contributed by atoms with Gasteiger partial charge in [-0.3, -0.25) is 9.59 Å². The van der Waals surface area contributed by atoms with Crippen molar-refractivity contribution < 1.29 is 9.59 Å². The minimum absolute atomic E-state index is 0.238. The second kappa shape index (κ2) is 8.96. The third-order valence-corrected chi connectivity index (χ3v) is 6.82. The number of aromatic nitrogens is 3. The van der Waals surface area contributed by atoms with Crippen LogP contribution in [0.15, 0.2) is 65.7 Å². The molecule has 0 saturated carbocycles. The number of anilines is 1. The lowest BCUT2D eigenvalue weighted by Gasteiger charge is -2.20. The fourth-order valence-corrected chi connectivity index (χ4v) is 4.73. The van der Waals surface area contributed by atoms with Crippen LogP contribution in [0.2, 0.25) is 5.02 Å². The average molecular weight is 490 g/mol. The quantitative estimate of drug-likeness (QED) is 0.393. The first-order valence-corrected chi connectivity index (χ1v) is 12.2. The Morgan fingerprint density at radius 2 is 1.94 bits per heavy atom. The molecule has 34 heavy (non-hydrogen) atoms. The van der Waals surface area contributed by atoms with Crippen LogP contribution >= 0.6 is 23.4 Å². The number of rotatable bonds is 5. The van der Waals surface area contributed by atoms with Crippen LogP contribution in [0.4, 0.5) is 5.69 Å². The Morgan fingerprint density at radius 3 is 2.65 bits per heavy atom. The maximum Gasteiger partial charge on any atom is 0.269 e. The van der Waals surface area contributed by atoms with E-state index in [1.165, 1.54) is 0 Å². The number of nitrogens with zero attached hydrogens (tertiary/aromatic N) is 3. The summed E-state index contributed by atoms with van der Waals surface area (Å²) in [5.74, 6) is -0.301. The van der Waals surface area contributed by atoms with Crippen LogP contribution in [0.25, 0.3) is 17.1 Å². The molecule has 2 heterocycles. The second-order valence-corrected chi connectivity index (χ2v) is 9.10. The van der Waals surface area contributed by atoms with E-state index in [0.717, 1.165) is 33.7 Å². The van der Waals surface area contributed by atoms with Crippen LogP contribution < -0.4 is 11.1 Å². The number of hydrogen-bond donors (Lipinski definition) is 2. The number of fused-ring (bicyclic) bond motifs is 3. The van der Waals surface area contributed by atoms with Crippen molar-refractivity contribution in [2.45, 2.75) is 17.7 Å². The molecule has 4 aromatic rings. The number of hydrogen-bond acceptors (Lipinski definition) is 5. The first-order chi connectivity index (χ1) is 16.5. The number of amides is 2. The van der Waals surface area contributed by atoms with Gasteiger partial charge in [0, 0.05) is 27.9 Å². The lowest BCUT2D eigenvalue weighted by atomic mass is 9.88. The van der Waals surface area contributed by atoms with Gasteiger partial charge in [-0.15, -0.1) is 11.8 Å². The summed E-state index contributed by atoms with van der Waals surface area (Å²) in [6.07, 6.45) is 5.11. The maximum atomic E-state index is 12.8. The first-order valence-electron chi connectivity index (χ1n) is 10.6. The van der Waals surface area contributed by atoms with Gasteiger partial charge >= 0.3 is 0 Å². The Bertz CT molecular complexity index is 1430. The van der Waals surface area contributed by atoms with E-state index in [1.807, 2.05) is 36.6 Å². The number of benzene rings is 2. The zero-order chi connectivity index (χ0) is 23.8. The van der Waals surface area contributed by atoms with Crippen molar-refractivity contribution in [3.63, 3.8) is 0 Å². The van der Waals surface area contributed by atoms with E-state index < -0.39 is 5.91 Å². The molecule has 0 bridgehead atoms. The van der Waals surface area contributed by atoms with Gasteiger partial charge in [0.1, 0.15) is 0 Å². The molecule has 0 atom stereocenters. The van der Waals surface area contributed by atoms with Crippen LogP contribution in [0, 0.1) is 0 Å². The summed E-state index contributed by atoms with van der Waals surface area (Å²) in [4.78, 5) is 30.5. The molecule has 2 aromatic carbocycles. The maximum absolute atomic E-state index is 12.8. The van der Waals surface area contributed by atoms with Gasteiger partial charge in [0.15, 0.2) is 11.5 Å². The van der Waals surface area contributed by atoms with Crippen molar-refractivity contribution in [1.82, 2.24) is 14.8 Å². The number of halogens is 1. The van der Waals surface area contributed by atoms with E-state index in [-0.39, 0.29) is 11.6 Å². The van der Waals surface area contributed by atoms with Gasteiger partial charge in [0.05, 0.1) is 16.3 Å². The third kappa shape index (κ3) is 3.95. The van der Waals surface area contributed by atoms with Gasteiger partial charge in [0.2, 0.25) is 0 Å². The molecule has 9 heteroatoms. The Morgan fingerprint density at radius 1 is 1.12 bits per heavy atom. The first kappa shape index (κ1) is 22.2. The highest BCUT2D eigenvalue weighted by Gasteiger charge is 2.29. The number of nitrogens with two attached hydrogens (primary N) is 1. The smallest absolute Gasteiger partial charge is 0.269 e. The molecule has 1 aliphatic carbocycles. The summed E-state index contributed by atoms with van der Waals surface area (Å²) in [6, 6.07) is 16.4. The van der Waals surface area contributed by atoms with Gasteiger partial charge in [0.25, 0.3) is 11.8 Å². The molecule has 1 aliphatic rings. The molecule has 2 aromatic heterocycles. The van der Waals surface area contributed by atoms with Gasteiger partial charge < -0.3 is 11.1 Å². The normalized spacial score (nSPS) is 12.1. The topological polar surface area (TPSA) is 103 Å². The highest BCUT2D eigenvalue weighted by molar-refractivity contribution is 7.98. The van der Waals surface area contributed by atoms with Crippen LogP contribution in [-0.4, -0.2) is 32.8 Å². The van der Waals surface area contributed by atoms with E-state index in [0.29, 0.717) is 28.5 Å². The Kier molecular flexibility index (Phi) is 5.85. The predicted octanol–water partition coefficient (Wildman–Crippen LogP) is 4.76. The predicted molar refractivity (Wildman–Crippen MR) is 134 cm³/mol. The fraction of sp³-hybridized carbons (Fsp3) is 0.120. The van der Waals surface area contributed by atoms with Crippen molar-refractivity contribution in [3.05, 3.63) is 88.2 Å². The Hall–Kier alpha value is -3.62. The molecule has 0 saturated heterocycles. The number of thioether (sulfide) groups is 1. The van der Waals surface area contributed by atoms with Gasteiger partial charge in [-0.05, 0) is 61.1 Å². The number of carbonyl (C=O) groups excluding carboxylic acids is 2. The van der Waals surface area contributed by atoms with E-state index in [2.05, 4.69) is 15.4 Å². The van der Waals surface area contributed by atoms with Crippen LogP contribution in [0.3, 0.4) is 0 Å². The number of carbonyl (C=O) groups is 2. The van der Waals surface area contributed by atoms with E-state index in [4.69, 9.17) is 17.3 Å². The SMILES string of the molecule is CSc1ccc(-n2nc(C(N)=O)c3c2-c2cc(NC(=O)c4ccccc4Cl)ccc2CC3)nc1. The standard InChI is InChI=1S/C25H20ClN5O2S/c1-34-16-9-11-21(28-13-16)31-23-18(22(30-31)24(27)32)10-7-14-6-8-15(12-19(14)23)29-25(33)17-4-2-3-5-20(17)26/h2-6,8-9,11-13H,7,10H2,1H3,(H2,27,32)(H,29,33). The lowest BCUT2D eigenvalue weighted by molar-refractivity contribution is 0.0992. The number of aryl methyl sites for hydroxylation is 1. The summed E-state index contributed by atoms with van der Waals surface area (Å²) in [5.41, 5.74) is 10.4. The summed E-state index contributed by atoms with van der Waals surface area (Å²) < 4.78 is 1.66.